The lowest BCUT2D eigenvalue weighted by Crippen LogP contribution is -2.55. The lowest BCUT2D eigenvalue weighted by molar-refractivity contribution is -0.166. The molecule has 7 aromatic rings. The highest BCUT2D eigenvalue weighted by molar-refractivity contribution is 5.97. The van der Waals surface area contributed by atoms with Crippen LogP contribution in [0.2, 0.25) is 0 Å². The molecule has 53 heavy (non-hydrogen) atoms. The average molecular weight is 693 g/mol. The molecule has 1 unspecified atom stereocenters. The lowest BCUT2D eigenvalue weighted by atomic mass is 9.69. The first kappa shape index (κ1) is 32.9. The molecule has 0 saturated carbocycles. The van der Waals surface area contributed by atoms with Crippen LogP contribution >= 0.6 is 0 Å². The third kappa shape index (κ3) is 6.08. The van der Waals surface area contributed by atoms with Crippen LogP contribution < -0.4 is 19.7 Å². The summed E-state index contributed by atoms with van der Waals surface area (Å²) in [4.78, 5) is 2.31. The molecular weight excluding hydrogens is 649 g/mol. The third-order valence-electron chi connectivity index (χ3n) is 11.0. The topological polar surface area (TPSA) is 33.7 Å². The Morgan fingerprint density at radius 1 is 0.491 bits per heavy atom. The van der Waals surface area contributed by atoms with Gasteiger partial charge in [-0.25, -0.2) is 0 Å². The van der Waals surface area contributed by atoms with E-state index in [2.05, 4.69) is 184 Å². The molecule has 9 rings (SSSR count). The van der Waals surface area contributed by atoms with Gasteiger partial charge >= 0.3 is 0 Å². The minimum Gasteiger partial charge on any atom is -0.452 e. The molecule has 1 spiro atoms. The third-order valence-corrected chi connectivity index (χ3v) is 11.0. The number of ether oxygens (including phenoxy) is 2. The number of nitrogens with one attached hydrogen (secondary N) is 1. The zero-order valence-corrected chi connectivity index (χ0v) is 30.8. The van der Waals surface area contributed by atoms with Crippen molar-refractivity contribution in [3.05, 3.63) is 175 Å². The number of fused-ring (bicyclic) bond motifs is 3. The first-order valence-electron chi connectivity index (χ1n) is 18.6. The molecule has 0 saturated heterocycles. The Bertz CT molecular complexity index is 2430. The van der Waals surface area contributed by atoms with Gasteiger partial charge in [-0.2, -0.15) is 0 Å². The van der Waals surface area contributed by atoms with E-state index in [4.69, 9.17) is 9.47 Å². The van der Waals surface area contributed by atoms with Crippen LogP contribution in [0.3, 0.4) is 0 Å². The van der Waals surface area contributed by atoms with Crippen LogP contribution in [0.25, 0.3) is 21.9 Å². The van der Waals surface area contributed by atoms with Crippen molar-refractivity contribution in [2.24, 2.45) is 0 Å². The van der Waals surface area contributed by atoms with Crippen molar-refractivity contribution >= 4 is 39.2 Å². The molecule has 4 nitrogen and oxygen atoms in total. The van der Waals surface area contributed by atoms with Crippen LogP contribution in [-0.4, -0.2) is 5.79 Å². The van der Waals surface area contributed by atoms with Gasteiger partial charge in [0.25, 0.3) is 5.79 Å². The minimum absolute atomic E-state index is 0.161. The monoisotopic (exact) mass is 692 g/mol. The summed E-state index contributed by atoms with van der Waals surface area (Å²) >= 11 is 0. The molecule has 262 valence electrons. The summed E-state index contributed by atoms with van der Waals surface area (Å²) in [6.07, 6.45) is 1.48. The van der Waals surface area contributed by atoms with Crippen LogP contribution in [0.4, 0.5) is 28.4 Å². The second-order valence-corrected chi connectivity index (χ2v) is 15.9. The number of nitrogens with zero attached hydrogens (tertiary/aromatic N) is 1. The molecule has 0 radical (unpaired) electrons. The summed E-state index contributed by atoms with van der Waals surface area (Å²) in [5.74, 6) is 0.911. The highest BCUT2D eigenvalue weighted by atomic mass is 16.7. The molecule has 2 aliphatic heterocycles. The number of rotatable bonds is 6. The number of hydrogen-bond donors (Lipinski definition) is 1. The molecule has 0 aromatic heterocycles. The Kier molecular flexibility index (Phi) is 7.81. The number of anilines is 5. The summed E-state index contributed by atoms with van der Waals surface area (Å²) in [6, 6.07) is 58.0. The number of benzene rings is 7. The fraction of sp³-hybridized carbons (Fsp3) is 0.184. The van der Waals surface area contributed by atoms with E-state index in [1.54, 1.807) is 0 Å². The van der Waals surface area contributed by atoms with Crippen LogP contribution in [0.1, 0.15) is 51.7 Å². The molecule has 0 fully saturated rings. The fourth-order valence-electron chi connectivity index (χ4n) is 8.68. The normalized spacial score (nSPS) is 18.0. The maximum atomic E-state index is 7.16. The first-order chi connectivity index (χ1) is 25.7. The maximum absolute atomic E-state index is 7.16. The number of para-hydroxylation sites is 2. The largest absolute Gasteiger partial charge is 0.452 e. The van der Waals surface area contributed by atoms with Crippen molar-refractivity contribution in [2.75, 3.05) is 10.2 Å². The quantitative estimate of drug-likeness (QED) is 0.188. The van der Waals surface area contributed by atoms with E-state index in [0.717, 1.165) is 52.8 Å². The summed E-state index contributed by atoms with van der Waals surface area (Å²) in [5.41, 5.74) is 9.69. The van der Waals surface area contributed by atoms with Crippen molar-refractivity contribution < 1.29 is 9.47 Å². The molecule has 1 N–H and O–H groups in total. The fourth-order valence-corrected chi connectivity index (χ4v) is 8.68. The van der Waals surface area contributed by atoms with Gasteiger partial charge in [0.15, 0.2) is 0 Å². The molecule has 7 aromatic carbocycles. The second-order valence-electron chi connectivity index (χ2n) is 15.9. The van der Waals surface area contributed by atoms with Gasteiger partial charge in [0.2, 0.25) is 0 Å². The molecule has 1 atom stereocenters. The molecule has 0 amide bonds. The molecule has 2 aliphatic rings. The average Bonchev–Trinajstić information content (AvgIpc) is 3.15. The van der Waals surface area contributed by atoms with Gasteiger partial charge in [-0.1, -0.05) is 131 Å². The molecular formula is C49H44N2O2. The van der Waals surface area contributed by atoms with Gasteiger partial charge in [0.05, 0.1) is 0 Å². The summed E-state index contributed by atoms with van der Waals surface area (Å²) < 4.78 is 14.2. The van der Waals surface area contributed by atoms with E-state index >= 15 is 0 Å². The summed E-state index contributed by atoms with van der Waals surface area (Å²) in [7, 11) is 0. The van der Waals surface area contributed by atoms with Gasteiger partial charge in [0, 0.05) is 75.4 Å². The Labute approximate surface area is 312 Å². The number of hydrogen-bond acceptors (Lipinski definition) is 4. The molecule has 4 heteroatoms. The van der Waals surface area contributed by atoms with Gasteiger partial charge < -0.3 is 19.7 Å². The Hall–Kier alpha value is -6.00. The van der Waals surface area contributed by atoms with E-state index in [0.29, 0.717) is 0 Å². The van der Waals surface area contributed by atoms with Gasteiger partial charge in [-0.15, -0.1) is 0 Å². The Morgan fingerprint density at radius 2 is 1.06 bits per heavy atom. The second kappa shape index (κ2) is 12.6. The standard InChI is InChI=1S/C49H44N2O2/c1-47(2)32-49(52-45-30-37(24-28-43(45)47)50-36-16-7-5-8-17-36)33-48(3,4)44-29-27-40(31-46(44)53-49)51(38-18-9-6-10-19-38)39-25-22-35(23-26-39)42-21-13-15-34-14-11-12-20-41(34)42/h5-31,50H,32-33H2,1-4H3. The van der Waals surface area contributed by atoms with Crippen LogP contribution in [0, 0.1) is 0 Å². The lowest BCUT2D eigenvalue weighted by Gasteiger charge is -2.51. The summed E-state index contributed by atoms with van der Waals surface area (Å²) in [6.45, 7) is 9.25. The van der Waals surface area contributed by atoms with Crippen molar-refractivity contribution in [1.82, 2.24) is 0 Å². The predicted molar refractivity (Wildman–Crippen MR) is 220 cm³/mol. The highest BCUT2D eigenvalue weighted by Crippen LogP contribution is 2.55. The van der Waals surface area contributed by atoms with Crippen molar-refractivity contribution in [2.45, 2.75) is 57.2 Å². The van der Waals surface area contributed by atoms with Crippen molar-refractivity contribution in [1.29, 1.82) is 0 Å². The maximum Gasteiger partial charge on any atom is 0.252 e. The van der Waals surface area contributed by atoms with Crippen molar-refractivity contribution in [3.63, 3.8) is 0 Å². The van der Waals surface area contributed by atoms with E-state index in [1.165, 1.54) is 33.0 Å². The zero-order valence-electron chi connectivity index (χ0n) is 30.8. The highest BCUT2D eigenvalue weighted by Gasteiger charge is 2.53. The predicted octanol–water partition coefficient (Wildman–Crippen LogP) is 13.2. The van der Waals surface area contributed by atoms with E-state index in [1.807, 2.05) is 18.2 Å². The minimum atomic E-state index is -0.825. The summed E-state index contributed by atoms with van der Waals surface area (Å²) in [5, 5.41) is 6.05. The van der Waals surface area contributed by atoms with E-state index in [9.17, 15) is 0 Å². The van der Waals surface area contributed by atoms with Crippen molar-refractivity contribution in [3.8, 4) is 22.6 Å². The molecule has 0 bridgehead atoms. The van der Waals surface area contributed by atoms with Gasteiger partial charge in [0.1, 0.15) is 11.5 Å². The first-order valence-corrected chi connectivity index (χ1v) is 18.6. The van der Waals surface area contributed by atoms with Crippen LogP contribution in [0.5, 0.6) is 11.5 Å². The van der Waals surface area contributed by atoms with E-state index < -0.39 is 5.79 Å². The molecule has 0 aliphatic carbocycles. The zero-order chi connectivity index (χ0) is 36.2. The molecule has 2 heterocycles. The van der Waals surface area contributed by atoms with Gasteiger partial charge in [-0.05, 0) is 70.4 Å². The van der Waals surface area contributed by atoms with E-state index in [-0.39, 0.29) is 10.8 Å². The van der Waals surface area contributed by atoms with Crippen LogP contribution in [-0.2, 0) is 10.8 Å². The SMILES string of the molecule is CC1(C)CC2(CC(C)(C)c3ccc(N(c4ccccc4)c4ccc(-c5cccc6ccccc56)cc4)cc3O2)Oc2cc(Nc3ccccc3)ccc21. The Balaban J connectivity index is 1.08. The van der Waals surface area contributed by atoms with Gasteiger partial charge in [-0.3, -0.25) is 0 Å². The smallest absolute Gasteiger partial charge is 0.252 e. The van der Waals surface area contributed by atoms with Crippen LogP contribution in [0.15, 0.2) is 164 Å². The Morgan fingerprint density at radius 3 is 1.77 bits per heavy atom.